The average molecular weight is 449 g/mol. The van der Waals surface area contributed by atoms with E-state index in [-0.39, 0.29) is 5.91 Å². The van der Waals surface area contributed by atoms with Crippen LogP contribution in [0.1, 0.15) is 27.9 Å². The third kappa shape index (κ3) is 8.16. The number of likely N-dealkylation sites (N-methyl/N-ethyl adjacent to an activating group) is 1. The third-order valence-electron chi connectivity index (χ3n) is 4.70. The standard InChI is InChI=1S/C21H25N3O.C2HF3O2/c1-22-13-10-16-2-8-20(9-3-16)24-21(25)19-6-4-17(5-7-19)18-11-14-23-15-12-18;3-2(4,5)1(6)7/h2-9,11,22-23H,10,12-15H2,1H3,(H,24,25);(H,6,7). The minimum atomic E-state index is -5.08. The van der Waals surface area contributed by atoms with Crippen LogP contribution in [0.2, 0.25) is 0 Å². The number of benzene rings is 2. The van der Waals surface area contributed by atoms with Crippen LogP contribution < -0.4 is 16.0 Å². The van der Waals surface area contributed by atoms with Gasteiger partial charge in [-0.05, 0) is 73.9 Å². The van der Waals surface area contributed by atoms with Gasteiger partial charge in [0.15, 0.2) is 0 Å². The van der Waals surface area contributed by atoms with Gasteiger partial charge in [0.05, 0.1) is 0 Å². The van der Waals surface area contributed by atoms with Crippen molar-refractivity contribution in [3.8, 4) is 0 Å². The summed E-state index contributed by atoms with van der Waals surface area (Å²) in [7, 11) is 1.95. The molecule has 1 aliphatic heterocycles. The van der Waals surface area contributed by atoms with Gasteiger partial charge in [0.1, 0.15) is 0 Å². The Kier molecular flexibility index (Phi) is 9.42. The van der Waals surface area contributed by atoms with Crippen LogP contribution in [0.4, 0.5) is 18.9 Å². The van der Waals surface area contributed by atoms with Gasteiger partial charge < -0.3 is 21.1 Å². The van der Waals surface area contributed by atoms with Gasteiger partial charge >= 0.3 is 12.1 Å². The van der Waals surface area contributed by atoms with E-state index in [0.29, 0.717) is 5.56 Å². The minimum Gasteiger partial charge on any atom is -0.475 e. The molecule has 0 unspecified atom stereocenters. The molecule has 32 heavy (non-hydrogen) atoms. The van der Waals surface area contributed by atoms with E-state index >= 15 is 0 Å². The highest BCUT2D eigenvalue weighted by Gasteiger charge is 2.38. The van der Waals surface area contributed by atoms with Gasteiger partial charge in [0, 0.05) is 17.8 Å². The zero-order valence-corrected chi connectivity index (χ0v) is 17.6. The second-order valence-electron chi connectivity index (χ2n) is 7.07. The predicted molar refractivity (Wildman–Crippen MR) is 118 cm³/mol. The summed E-state index contributed by atoms with van der Waals surface area (Å²) in [6.07, 6.45) is -0.850. The maximum absolute atomic E-state index is 12.4. The van der Waals surface area contributed by atoms with E-state index in [1.165, 1.54) is 16.7 Å². The van der Waals surface area contributed by atoms with Gasteiger partial charge in [-0.3, -0.25) is 4.79 Å². The van der Waals surface area contributed by atoms with E-state index in [0.717, 1.165) is 38.2 Å². The van der Waals surface area contributed by atoms with Crippen molar-refractivity contribution in [2.45, 2.75) is 19.0 Å². The average Bonchev–Trinajstić information content (AvgIpc) is 2.79. The Morgan fingerprint density at radius 3 is 2.19 bits per heavy atom. The fourth-order valence-electron chi connectivity index (χ4n) is 2.95. The van der Waals surface area contributed by atoms with Gasteiger partial charge in [0.25, 0.3) is 5.91 Å². The summed E-state index contributed by atoms with van der Waals surface area (Å²) in [6.45, 7) is 2.88. The molecule has 0 aliphatic carbocycles. The van der Waals surface area contributed by atoms with Gasteiger partial charge in [-0.1, -0.05) is 30.3 Å². The smallest absolute Gasteiger partial charge is 0.475 e. The number of carboxylic acid groups (broad SMARTS) is 1. The van der Waals surface area contributed by atoms with E-state index in [2.05, 4.69) is 34.2 Å². The second-order valence-corrected chi connectivity index (χ2v) is 7.07. The number of carbonyl (C=O) groups is 2. The van der Waals surface area contributed by atoms with Crippen LogP contribution in [-0.4, -0.2) is 49.8 Å². The number of halogens is 3. The highest BCUT2D eigenvalue weighted by molar-refractivity contribution is 6.04. The minimum absolute atomic E-state index is 0.0752. The van der Waals surface area contributed by atoms with E-state index < -0.39 is 12.1 Å². The summed E-state index contributed by atoms with van der Waals surface area (Å²) < 4.78 is 31.7. The first-order chi connectivity index (χ1) is 15.2. The maximum atomic E-state index is 12.4. The molecule has 0 atom stereocenters. The summed E-state index contributed by atoms with van der Waals surface area (Å²) in [5, 5.41) is 16.5. The van der Waals surface area contributed by atoms with Crippen molar-refractivity contribution < 1.29 is 27.9 Å². The van der Waals surface area contributed by atoms with Crippen molar-refractivity contribution in [2.24, 2.45) is 0 Å². The predicted octanol–water partition coefficient (Wildman–Crippen LogP) is 3.71. The number of hydrogen-bond donors (Lipinski definition) is 4. The summed E-state index contributed by atoms with van der Waals surface area (Å²) in [5.74, 6) is -2.83. The molecule has 0 radical (unpaired) electrons. The van der Waals surface area contributed by atoms with Crippen molar-refractivity contribution in [3.05, 3.63) is 71.3 Å². The SMILES string of the molecule is CNCCc1ccc(NC(=O)c2ccc(C3=CCNCC3)cc2)cc1.O=C(O)C(F)(F)F. The van der Waals surface area contributed by atoms with Gasteiger partial charge in [-0.15, -0.1) is 0 Å². The molecule has 0 spiro atoms. The first-order valence-corrected chi connectivity index (χ1v) is 10.1. The molecule has 4 N–H and O–H groups in total. The zero-order chi connectivity index (χ0) is 23.6. The molecule has 0 saturated carbocycles. The van der Waals surface area contributed by atoms with Gasteiger partial charge in [-0.25, -0.2) is 4.79 Å². The van der Waals surface area contributed by atoms with Crippen LogP contribution in [0, 0.1) is 0 Å². The Bertz CT molecular complexity index is 924. The molecule has 2 aromatic carbocycles. The zero-order valence-electron chi connectivity index (χ0n) is 17.6. The molecule has 3 rings (SSSR count). The van der Waals surface area contributed by atoms with E-state index in [4.69, 9.17) is 9.90 Å². The van der Waals surface area contributed by atoms with Crippen LogP contribution in [0.15, 0.2) is 54.6 Å². The van der Waals surface area contributed by atoms with Crippen LogP contribution >= 0.6 is 0 Å². The monoisotopic (exact) mass is 449 g/mol. The van der Waals surface area contributed by atoms with Crippen LogP contribution in [0.25, 0.3) is 5.57 Å². The topological polar surface area (TPSA) is 90.5 Å². The lowest BCUT2D eigenvalue weighted by Gasteiger charge is -2.14. The molecule has 1 heterocycles. The molecule has 0 saturated heterocycles. The Morgan fingerprint density at radius 2 is 1.69 bits per heavy atom. The van der Waals surface area contributed by atoms with Crippen molar-refractivity contribution in [2.75, 3.05) is 32.0 Å². The second kappa shape index (κ2) is 12.0. The fourth-order valence-corrected chi connectivity index (χ4v) is 2.95. The Balaban J connectivity index is 0.000000451. The molecule has 6 nitrogen and oxygen atoms in total. The van der Waals surface area contributed by atoms with E-state index in [1.807, 2.05) is 43.4 Å². The molecule has 0 fully saturated rings. The van der Waals surface area contributed by atoms with Crippen molar-refractivity contribution in [1.29, 1.82) is 0 Å². The lowest BCUT2D eigenvalue weighted by Crippen LogP contribution is -2.21. The van der Waals surface area contributed by atoms with E-state index in [9.17, 15) is 18.0 Å². The summed E-state index contributed by atoms with van der Waals surface area (Å²) in [5.41, 5.74) is 5.31. The molecule has 2 aromatic rings. The number of amides is 1. The van der Waals surface area contributed by atoms with Gasteiger partial charge in [-0.2, -0.15) is 13.2 Å². The number of hydrogen-bond acceptors (Lipinski definition) is 4. The lowest BCUT2D eigenvalue weighted by molar-refractivity contribution is -0.192. The summed E-state index contributed by atoms with van der Waals surface area (Å²) >= 11 is 0. The number of alkyl halides is 3. The molecular weight excluding hydrogens is 423 g/mol. The van der Waals surface area contributed by atoms with Crippen molar-refractivity contribution in [3.63, 3.8) is 0 Å². The molecule has 0 bridgehead atoms. The number of anilines is 1. The normalized spacial score (nSPS) is 13.4. The molecule has 9 heteroatoms. The molecule has 1 aliphatic rings. The van der Waals surface area contributed by atoms with Crippen LogP contribution in [0.3, 0.4) is 0 Å². The quantitative estimate of drug-likeness (QED) is 0.540. The number of nitrogens with one attached hydrogen (secondary N) is 3. The summed E-state index contributed by atoms with van der Waals surface area (Å²) in [4.78, 5) is 21.3. The van der Waals surface area contributed by atoms with Crippen molar-refractivity contribution >= 4 is 23.1 Å². The highest BCUT2D eigenvalue weighted by Crippen LogP contribution is 2.20. The number of rotatable bonds is 6. The molecule has 1 amide bonds. The molecule has 172 valence electrons. The van der Waals surface area contributed by atoms with Crippen LogP contribution in [-0.2, 0) is 11.2 Å². The number of aliphatic carboxylic acids is 1. The third-order valence-corrected chi connectivity index (χ3v) is 4.70. The first-order valence-electron chi connectivity index (χ1n) is 10.1. The summed E-state index contributed by atoms with van der Waals surface area (Å²) in [6, 6.07) is 15.9. The van der Waals surface area contributed by atoms with E-state index in [1.54, 1.807) is 0 Å². The van der Waals surface area contributed by atoms with Crippen molar-refractivity contribution in [1.82, 2.24) is 10.6 Å². The highest BCUT2D eigenvalue weighted by atomic mass is 19.4. The number of carbonyl (C=O) groups excluding carboxylic acids is 1. The van der Waals surface area contributed by atoms with Gasteiger partial charge in [0.2, 0.25) is 0 Å². The fraction of sp³-hybridized carbons (Fsp3) is 0.304. The molecular formula is C23H26F3N3O3. The first kappa shape index (κ1) is 25.1. The maximum Gasteiger partial charge on any atom is 0.490 e. The Labute approximate surface area is 184 Å². The Hall–Kier alpha value is -3.17. The van der Waals surface area contributed by atoms with Crippen LogP contribution in [0.5, 0.6) is 0 Å². The lowest BCUT2D eigenvalue weighted by atomic mass is 9.99. The molecule has 0 aromatic heterocycles. The Morgan fingerprint density at radius 1 is 1.06 bits per heavy atom. The number of carboxylic acids is 1. The largest absolute Gasteiger partial charge is 0.490 e.